The number of fused-ring (bicyclic) bond motifs is 1. The van der Waals surface area contributed by atoms with E-state index in [1.165, 1.54) is 6.07 Å². The number of unbranched alkanes of at least 4 members (excludes halogenated alkanes) is 1. The predicted octanol–water partition coefficient (Wildman–Crippen LogP) is 4.22. The van der Waals surface area contributed by atoms with Crippen LogP contribution in [0.2, 0.25) is 0 Å². The Bertz CT molecular complexity index is 883. The fraction of sp³-hybridized carbons (Fsp3) is 0.211. The number of nitrogens with two attached hydrogens (primary N) is 1. The molecule has 0 aliphatic carbocycles. The second kappa shape index (κ2) is 6.57. The van der Waals surface area contributed by atoms with E-state index >= 15 is 0 Å². The molecule has 3 aromatic rings. The van der Waals surface area contributed by atoms with Crippen molar-refractivity contribution in [1.29, 1.82) is 0 Å². The summed E-state index contributed by atoms with van der Waals surface area (Å²) in [6.07, 6.45) is 2.06. The van der Waals surface area contributed by atoms with Crippen molar-refractivity contribution in [2.45, 2.75) is 19.8 Å². The van der Waals surface area contributed by atoms with Crippen molar-refractivity contribution in [3.05, 3.63) is 58.8 Å². The first-order valence-corrected chi connectivity index (χ1v) is 7.74. The summed E-state index contributed by atoms with van der Waals surface area (Å²) in [4.78, 5) is 12.4. The highest BCUT2D eigenvalue weighted by Gasteiger charge is 2.08. The summed E-state index contributed by atoms with van der Waals surface area (Å²) in [5.74, 6) is 1.20. The number of anilines is 1. The third kappa shape index (κ3) is 3.37. The van der Waals surface area contributed by atoms with Gasteiger partial charge in [0.25, 0.3) is 0 Å². The highest BCUT2D eigenvalue weighted by Crippen LogP contribution is 2.25. The van der Waals surface area contributed by atoms with Gasteiger partial charge in [0.05, 0.1) is 12.0 Å². The summed E-state index contributed by atoms with van der Waals surface area (Å²) in [5, 5.41) is 0.520. The number of rotatable bonds is 5. The molecule has 0 aliphatic rings. The standard InChI is InChI=1S/C19H19NO3/c1-2-3-9-22-15-7-8-18-16(11-15)17(21)12-19(23-18)13-5-4-6-14(20)10-13/h4-8,10-12H,2-3,9,20H2,1H3. The molecule has 4 nitrogen and oxygen atoms in total. The fourth-order valence-corrected chi connectivity index (χ4v) is 2.39. The van der Waals surface area contributed by atoms with Crippen LogP contribution in [0.4, 0.5) is 5.69 Å². The van der Waals surface area contributed by atoms with Crippen LogP contribution in [-0.4, -0.2) is 6.61 Å². The van der Waals surface area contributed by atoms with E-state index in [0.717, 1.165) is 18.4 Å². The molecule has 4 heteroatoms. The lowest BCUT2D eigenvalue weighted by Gasteiger charge is -2.07. The van der Waals surface area contributed by atoms with Crippen molar-refractivity contribution in [3.8, 4) is 17.1 Å². The summed E-state index contributed by atoms with van der Waals surface area (Å²) in [6.45, 7) is 2.75. The molecule has 0 fully saturated rings. The van der Waals surface area contributed by atoms with Gasteiger partial charge in [-0.1, -0.05) is 25.5 Å². The van der Waals surface area contributed by atoms with Crippen molar-refractivity contribution in [2.75, 3.05) is 12.3 Å². The average molecular weight is 309 g/mol. The lowest BCUT2D eigenvalue weighted by molar-refractivity contribution is 0.309. The molecular formula is C19H19NO3. The van der Waals surface area contributed by atoms with Gasteiger partial charge in [-0.05, 0) is 36.8 Å². The quantitative estimate of drug-likeness (QED) is 0.566. The number of hydrogen-bond donors (Lipinski definition) is 1. The molecule has 0 radical (unpaired) electrons. The van der Waals surface area contributed by atoms with Crippen LogP contribution in [0.3, 0.4) is 0 Å². The molecule has 0 atom stereocenters. The summed E-state index contributed by atoms with van der Waals surface area (Å²) < 4.78 is 11.5. The van der Waals surface area contributed by atoms with Crippen LogP contribution in [0, 0.1) is 0 Å². The predicted molar refractivity (Wildman–Crippen MR) is 92.7 cm³/mol. The molecule has 0 bridgehead atoms. The topological polar surface area (TPSA) is 65.5 Å². The van der Waals surface area contributed by atoms with Gasteiger partial charge in [-0.3, -0.25) is 4.79 Å². The summed E-state index contributed by atoms with van der Waals surface area (Å²) in [5.41, 5.74) is 7.65. The summed E-state index contributed by atoms with van der Waals surface area (Å²) in [7, 11) is 0. The van der Waals surface area contributed by atoms with Crippen molar-refractivity contribution >= 4 is 16.7 Å². The lowest BCUT2D eigenvalue weighted by atomic mass is 10.1. The minimum absolute atomic E-state index is 0.0929. The molecule has 23 heavy (non-hydrogen) atoms. The third-order valence-corrected chi connectivity index (χ3v) is 3.64. The largest absolute Gasteiger partial charge is 0.494 e. The van der Waals surface area contributed by atoms with Crippen molar-refractivity contribution < 1.29 is 9.15 Å². The molecule has 0 unspecified atom stereocenters. The van der Waals surface area contributed by atoms with Gasteiger partial charge in [0.2, 0.25) is 0 Å². The normalized spacial score (nSPS) is 10.8. The van der Waals surface area contributed by atoms with E-state index in [0.29, 0.717) is 34.8 Å². The summed E-state index contributed by atoms with van der Waals surface area (Å²) >= 11 is 0. The number of nitrogen functional groups attached to an aromatic ring is 1. The van der Waals surface area contributed by atoms with Crippen LogP contribution in [0.1, 0.15) is 19.8 Å². The summed E-state index contributed by atoms with van der Waals surface area (Å²) in [6, 6.07) is 14.1. The molecule has 0 aliphatic heterocycles. The Morgan fingerprint density at radius 1 is 1.13 bits per heavy atom. The zero-order valence-corrected chi connectivity index (χ0v) is 13.0. The van der Waals surface area contributed by atoms with Crippen LogP contribution in [0.25, 0.3) is 22.3 Å². The Morgan fingerprint density at radius 3 is 2.78 bits per heavy atom. The van der Waals surface area contributed by atoms with E-state index in [1.807, 2.05) is 18.2 Å². The van der Waals surface area contributed by atoms with Crippen molar-refractivity contribution in [1.82, 2.24) is 0 Å². The molecule has 1 aromatic heterocycles. The Labute approximate surface area is 134 Å². The number of ether oxygens (including phenoxy) is 1. The van der Waals surface area contributed by atoms with Crippen molar-refractivity contribution in [3.63, 3.8) is 0 Å². The maximum Gasteiger partial charge on any atom is 0.193 e. The Morgan fingerprint density at radius 2 is 2.00 bits per heavy atom. The first-order valence-electron chi connectivity index (χ1n) is 7.74. The van der Waals surface area contributed by atoms with E-state index in [2.05, 4.69) is 6.92 Å². The maximum absolute atomic E-state index is 12.4. The zero-order chi connectivity index (χ0) is 16.2. The molecular weight excluding hydrogens is 290 g/mol. The van der Waals surface area contributed by atoms with Gasteiger partial charge in [0.15, 0.2) is 5.43 Å². The van der Waals surface area contributed by atoms with Gasteiger partial charge in [-0.25, -0.2) is 0 Å². The Hall–Kier alpha value is -2.75. The van der Waals surface area contributed by atoms with Gasteiger partial charge >= 0.3 is 0 Å². The second-order valence-electron chi connectivity index (χ2n) is 5.46. The fourth-order valence-electron chi connectivity index (χ4n) is 2.39. The molecule has 0 amide bonds. The van der Waals surface area contributed by atoms with Crippen LogP contribution in [0.15, 0.2) is 57.7 Å². The van der Waals surface area contributed by atoms with E-state index in [9.17, 15) is 4.79 Å². The zero-order valence-electron chi connectivity index (χ0n) is 13.0. The van der Waals surface area contributed by atoms with Gasteiger partial charge in [-0.15, -0.1) is 0 Å². The Balaban J connectivity index is 1.99. The average Bonchev–Trinajstić information content (AvgIpc) is 2.55. The molecule has 2 aromatic carbocycles. The van der Waals surface area contributed by atoms with Gasteiger partial charge in [0, 0.05) is 17.3 Å². The van der Waals surface area contributed by atoms with E-state index in [1.54, 1.807) is 24.3 Å². The highest BCUT2D eigenvalue weighted by atomic mass is 16.5. The van der Waals surface area contributed by atoms with Gasteiger partial charge in [0.1, 0.15) is 17.1 Å². The van der Waals surface area contributed by atoms with Crippen LogP contribution < -0.4 is 15.9 Å². The minimum Gasteiger partial charge on any atom is -0.494 e. The minimum atomic E-state index is -0.0929. The van der Waals surface area contributed by atoms with Gasteiger partial charge < -0.3 is 14.9 Å². The highest BCUT2D eigenvalue weighted by molar-refractivity contribution is 5.80. The van der Waals surface area contributed by atoms with Crippen LogP contribution in [-0.2, 0) is 0 Å². The first-order chi connectivity index (χ1) is 11.2. The Kier molecular flexibility index (Phi) is 4.33. The smallest absolute Gasteiger partial charge is 0.193 e. The second-order valence-corrected chi connectivity index (χ2v) is 5.46. The third-order valence-electron chi connectivity index (χ3n) is 3.64. The van der Waals surface area contributed by atoms with E-state index < -0.39 is 0 Å². The molecule has 3 rings (SSSR count). The SMILES string of the molecule is CCCCOc1ccc2oc(-c3cccc(N)c3)cc(=O)c2c1. The van der Waals surface area contributed by atoms with E-state index in [-0.39, 0.29) is 5.43 Å². The van der Waals surface area contributed by atoms with E-state index in [4.69, 9.17) is 14.9 Å². The molecule has 118 valence electrons. The monoisotopic (exact) mass is 309 g/mol. The van der Waals surface area contributed by atoms with Crippen LogP contribution >= 0.6 is 0 Å². The molecule has 0 saturated heterocycles. The number of benzene rings is 2. The first kappa shape index (κ1) is 15.2. The number of hydrogen-bond acceptors (Lipinski definition) is 4. The molecule has 2 N–H and O–H groups in total. The lowest BCUT2D eigenvalue weighted by Crippen LogP contribution is -2.02. The maximum atomic E-state index is 12.4. The molecule has 0 spiro atoms. The molecule has 0 saturated carbocycles. The van der Waals surface area contributed by atoms with Gasteiger partial charge in [-0.2, -0.15) is 0 Å². The molecule has 1 heterocycles. The van der Waals surface area contributed by atoms with Crippen molar-refractivity contribution in [2.24, 2.45) is 0 Å². The van der Waals surface area contributed by atoms with Crippen LogP contribution in [0.5, 0.6) is 5.75 Å².